The number of hydrogen-bond donors (Lipinski definition) is 2. The first kappa shape index (κ1) is 18.3. The van der Waals surface area contributed by atoms with E-state index in [4.69, 9.17) is 9.15 Å². The predicted octanol–water partition coefficient (Wildman–Crippen LogP) is 2.14. The van der Waals surface area contributed by atoms with Crippen LogP contribution in [0.3, 0.4) is 0 Å². The largest absolute Gasteiger partial charge is 0.459 e. The average Bonchev–Trinajstić information content (AvgIpc) is 3.15. The maximum absolute atomic E-state index is 12.0. The smallest absolute Gasteiger partial charge is 0.326 e. The van der Waals surface area contributed by atoms with Gasteiger partial charge in [0, 0.05) is 5.69 Å². The van der Waals surface area contributed by atoms with Crippen LogP contribution in [0.4, 0.5) is 5.69 Å². The van der Waals surface area contributed by atoms with Crippen LogP contribution < -0.4 is 10.6 Å². The van der Waals surface area contributed by atoms with E-state index in [1.54, 1.807) is 18.2 Å². The van der Waals surface area contributed by atoms with Crippen LogP contribution >= 0.6 is 0 Å². The highest BCUT2D eigenvalue weighted by Crippen LogP contribution is 2.10. The molecule has 0 unspecified atom stereocenters. The van der Waals surface area contributed by atoms with Gasteiger partial charge in [-0.25, -0.2) is 0 Å². The predicted molar refractivity (Wildman–Crippen MR) is 91.0 cm³/mol. The number of carbonyl (C=O) groups is 3. The molecule has 1 aromatic heterocycles. The number of carbonyl (C=O) groups excluding carboxylic acids is 3. The Hall–Kier alpha value is -3.09. The minimum Gasteiger partial charge on any atom is -0.459 e. The third-order valence-electron chi connectivity index (χ3n) is 3.45. The van der Waals surface area contributed by atoms with Crippen LogP contribution in [-0.2, 0) is 20.7 Å². The van der Waals surface area contributed by atoms with Gasteiger partial charge in [0.2, 0.25) is 0 Å². The van der Waals surface area contributed by atoms with Crippen molar-refractivity contribution < 1.29 is 23.5 Å². The van der Waals surface area contributed by atoms with E-state index in [-0.39, 0.29) is 12.3 Å². The summed E-state index contributed by atoms with van der Waals surface area (Å²) in [6, 6.07) is 10.4. The Kier molecular flexibility index (Phi) is 6.33. The Morgan fingerprint density at radius 3 is 2.48 bits per heavy atom. The lowest BCUT2D eigenvalue weighted by Crippen LogP contribution is -2.35. The minimum atomic E-state index is -0.987. The lowest BCUT2D eigenvalue weighted by Gasteiger charge is -2.14. The van der Waals surface area contributed by atoms with Gasteiger partial charge in [-0.1, -0.05) is 19.1 Å². The molecule has 0 bridgehead atoms. The van der Waals surface area contributed by atoms with Crippen LogP contribution in [0.1, 0.15) is 30.0 Å². The van der Waals surface area contributed by atoms with Gasteiger partial charge >= 0.3 is 5.97 Å². The van der Waals surface area contributed by atoms with Gasteiger partial charge in [-0.2, -0.15) is 0 Å². The summed E-state index contributed by atoms with van der Waals surface area (Å²) < 4.78 is 9.90. The van der Waals surface area contributed by atoms with E-state index >= 15 is 0 Å². The molecule has 7 nitrogen and oxygen atoms in total. The van der Waals surface area contributed by atoms with Gasteiger partial charge in [-0.15, -0.1) is 0 Å². The normalized spacial score (nSPS) is 11.4. The summed E-state index contributed by atoms with van der Waals surface area (Å²) in [5.41, 5.74) is 1.78. The molecule has 132 valence electrons. The quantitative estimate of drug-likeness (QED) is 0.750. The summed E-state index contributed by atoms with van der Waals surface area (Å²) in [7, 11) is 0. The summed E-state index contributed by atoms with van der Waals surface area (Å²) in [4.78, 5) is 35.4. The van der Waals surface area contributed by atoms with E-state index in [9.17, 15) is 14.4 Å². The van der Waals surface area contributed by atoms with Crippen molar-refractivity contribution in [3.05, 3.63) is 54.0 Å². The fourth-order valence-electron chi connectivity index (χ4n) is 2.01. The van der Waals surface area contributed by atoms with Crippen molar-refractivity contribution in [2.24, 2.45) is 0 Å². The second-order valence-corrected chi connectivity index (χ2v) is 5.33. The first-order valence-corrected chi connectivity index (χ1v) is 7.90. The topological polar surface area (TPSA) is 97.6 Å². The lowest BCUT2D eigenvalue weighted by molar-refractivity contribution is -0.152. The zero-order chi connectivity index (χ0) is 18.2. The molecule has 1 aromatic carbocycles. The van der Waals surface area contributed by atoms with Crippen molar-refractivity contribution in [2.45, 2.75) is 26.4 Å². The van der Waals surface area contributed by atoms with Gasteiger partial charge in [0.25, 0.3) is 11.8 Å². The standard InChI is InChI=1S/C18H20N2O5/c1-3-13-6-8-14(9-7-13)20-17(22)12(2)25-16(21)11-19-18(23)15-5-4-10-24-15/h4-10,12H,3,11H2,1-2H3,(H,19,23)(H,20,22)/t12-/m1/s1. The average molecular weight is 344 g/mol. The molecular weight excluding hydrogens is 324 g/mol. The summed E-state index contributed by atoms with van der Waals surface area (Å²) in [6.07, 6.45) is 1.28. The third kappa shape index (κ3) is 5.49. The van der Waals surface area contributed by atoms with Crippen LogP contribution in [0, 0.1) is 0 Å². The number of esters is 1. The lowest BCUT2D eigenvalue weighted by atomic mass is 10.1. The van der Waals surface area contributed by atoms with Crippen molar-refractivity contribution in [3.8, 4) is 0 Å². The molecule has 0 saturated heterocycles. The highest BCUT2D eigenvalue weighted by Gasteiger charge is 2.19. The first-order valence-electron chi connectivity index (χ1n) is 7.90. The number of rotatable bonds is 7. The Morgan fingerprint density at radius 1 is 1.16 bits per heavy atom. The fourth-order valence-corrected chi connectivity index (χ4v) is 2.01. The second-order valence-electron chi connectivity index (χ2n) is 5.33. The van der Waals surface area contributed by atoms with Crippen LogP contribution in [0.15, 0.2) is 47.1 Å². The molecule has 0 fully saturated rings. The van der Waals surface area contributed by atoms with Crippen molar-refractivity contribution >= 4 is 23.5 Å². The maximum atomic E-state index is 12.0. The summed E-state index contributed by atoms with van der Waals surface area (Å²) in [5, 5.41) is 5.02. The van der Waals surface area contributed by atoms with E-state index in [2.05, 4.69) is 10.6 Å². The summed E-state index contributed by atoms with van der Waals surface area (Å²) >= 11 is 0. The number of hydrogen-bond acceptors (Lipinski definition) is 5. The maximum Gasteiger partial charge on any atom is 0.326 e. The van der Waals surface area contributed by atoms with Gasteiger partial charge < -0.3 is 19.8 Å². The van der Waals surface area contributed by atoms with Gasteiger partial charge in [-0.05, 0) is 43.2 Å². The molecule has 0 spiro atoms. The molecule has 2 amide bonds. The van der Waals surface area contributed by atoms with E-state index in [0.29, 0.717) is 5.69 Å². The molecular formula is C18H20N2O5. The van der Waals surface area contributed by atoms with Crippen LogP contribution in [-0.4, -0.2) is 30.4 Å². The second kappa shape index (κ2) is 8.68. The van der Waals surface area contributed by atoms with E-state index in [1.807, 2.05) is 19.1 Å². The molecule has 0 radical (unpaired) electrons. The number of aryl methyl sites for hydroxylation is 1. The zero-order valence-electron chi connectivity index (χ0n) is 14.1. The van der Waals surface area contributed by atoms with Crippen LogP contribution in [0.2, 0.25) is 0 Å². The van der Waals surface area contributed by atoms with E-state index in [0.717, 1.165) is 12.0 Å². The van der Waals surface area contributed by atoms with Gasteiger partial charge in [-0.3, -0.25) is 14.4 Å². The van der Waals surface area contributed by atoms with Gasteiger partial charge in [0.1, 0.15) is 6.54 Å². The van der Waals surface area contributed by atoms with Crippen molar-refractivity contribution in [3.63, 3.8) is 0 Å². The molecule has 0 aliphatic rings. The SMILES string of the molecule is CCc1ccc(NC(=O)[C@@H](C)OC(=O)CNC(=O)c2ccco2)cc1. The molecule has 2 N–H and O–H groups in total. The number of nitrogens with one attached hydrogen (secondary N) is 2. The Bertz CT molecular complexity index is 722. The number of furan rings is 1. The molecule has 1 heterocycles. The number of amides is 2. The van der Waals surface area contributed by atoms with Gasteiger partial charge in [0.15, 0.2) is 11.9 Å². The van der Waals surface area contributed by atoms with Crippen molar-refractivity contribution in [1.29, 1.82) is 0 Å². The minimum absolute atomic E-state index is 0.0918. The zero-order valence-corrected chi connectivity index (χ0v) is 14.1. The summed E-state index contributed by atoms with van der Waals surface area (Å²) in [5.74, 6) is -1.61. The number of anilines is 1. The molecule has 2 rings (SSSR count). The monoisotopic (exact) mass is 344 g/mol. The molecule has 25 heavy (non-hydrogen) atoms. The highest BCUT2D eigenvalue weighted by molar-refractivity contribution is 5.96. The molecule has 2 aromatic rings. The van der Waals surface area contributed by atoms with E-state index < -0.39 is 23.9 Å². The molecule has 0 aliphatic carbocycles. The Labute approximate surface area is 145 Å². The Morgan fingerprint density at radius 2 is 1.88 bits per heavy atom. The highest BCUT2D eigenvalue weighted by atomic mass is 16.5. The van der Waals surface area contributed by atoms with Gasteiger partial charge in [0.05, 0.1) is 6.26 Å². The van der Waals surface area contributed by atoms with Crippen LogP contribution in [0.5, 0.6) is 0 Å². The number of ether oxygens (including phenoxy) is 1. The Balaban J connectivity index is 1.77. The molecule has 1 atom stereocenters. The number of benzene rings is 1. The van der Waals surface area contributed by atoms with E-state index in [1.165, 1.54) is 19.3 Å². The molecule has 0 aliphatic heterocycles. The molecule has 0 saturated carbocycles. The molecule has 7 heteroatoms. The first-order chi connectivity index (χ1) is 12.0. The van der Waals surface area contributed by atoms with Crippen molar-refractivity contribution in [1.82, 2.24) is 5.32 Å². The third-order valence-corrected chi connectivity index (χ3v) is 3.45. The fraction of sp³-hybridized carbons (Fsp3) is 0.278. The van der Waals surface area contributed by atoms with Crippen LogP contribution in [0.25, 0.3) is 0 Å². The summed E-state index contributed by atoms with van der Waals surface area (Å²) in [6.45, 7) is 3.14. The van der Waals surface area contributed by atoms with Crippen molar-refractivity contribution in [2.75, 3.05) is 11.9 Å².